The van der Waals surface area contributed by atoms with E-state index in [0.717, 1.165) is 51.8 Å². The van der Waals surface area contributed by atoms with E-state index in [1.807, 2.05) is 0 Å². The van der Waals surface area contributed by atoms with Crippen LogP contribution in [0.2, 0.25) is 0 Å². The lowest BCUT2D eigenvalue weighted by molar-refractivity contribution is -0.0164. The zero-order valence-corrected chi connectivity index (χ0v) is 19.2. The Hall–Kier alpha value is -1.20. The first-order valence-electron chi connectivity index (χ1n) is 9.98. The van der Waals surface area contributed by atoms with Crippen LogP contribution in [-0.4, -0.2) is 69.4 Å². The van der Waals surface area contributed by atoms with Gasteiger partial charge < -0.3 is 20.1 Å². The summed E-state index contributed by atoms with van der Waals surface area (Å²) in [5, 5.41) is 6.62. The van der Waals surface area contributed by atoms with Crippen molar-refractivity contribution < 1.29 is 18.3 Å². The Balaban J connectivity index is 0.00000300. The molecule has 2 aliphatic rings. The number of halogens is 3. The van der Waals surface area contributed by atoms with E-state index in [2.05, 4.69) is 20.5 Å². The summed E-state index contributed by atoms with van der Waals surface area (Å²) in [6, 6.07) is 3.29. The molecule has 3 rings (SSSR count). The highest BCUT2D eigenvalue weighted by atomic mass is 127. The highest BCUT2D eigenvalue weighted by molar-refractivity contribution is 14.0. The fourth-order valence-corrected chi connectivity index (χ4v) is 3.94. The third-order valence-corrected chi connectivity index (χ3v) is 5.55. The smallest absolute Gasteiger partial charge is 0.191 e. The predicted molar refractivity (Wildman–Crippen MR) is 120 cm³/mol. The Morgan fingerprint density at radius 2 is 1.93 bits per heavy atom. The minimum atomic E-state index is -0.699. The number of rotatable bonds is 7. The predicted octanol–water partition coefficient (Wildman–Crippen LogP) is 2.77. The van der Waals surface area contributed by atoms with Crippen LogP contribution in [0.5, 0.6) is 5.75 Å². The highest BCUT2D eigenvalue weighted by Gasteiger charge is 2.39. The zero-order valence-electron chi connectivity index (χ0n) is 16.9. The summed E-state index contributed by atoms with van der Waals surface area (Å²) in [5.74, 6) is -0.586. The van der Waals surface area contributed by atoms with Gasteiger partial charge in [-0.05, 0) is 50.9 Å². The molecule has 29 heavy (non-hydrogen) atoms. The first-order valence-corrected chi connectivity index (χ1v) is 9.98. The number of benzene rings is 1. The Bertz CT molecular complexity index is 666. The van der Waals surface area contributed by atoms with Gasteiger partial charge in [0, 0.05) is 38.4 Å². The largest absolute Gasteiger partial charge is 0.489 e. The van der Waals surface area contributed by atoms with Crippen molar-refractivity contribution in [2.45, 2.75) is 31.2 Å². The normalized spacial score (nSPS) is 19.5. The summed E-state index contributed by atoms with van der Waals surface area (Å²) >= 11 is 0. The van der Waals surface area contributed by atoms with E-state index >= 15 is 0 Å². The van der Waals surface area contributed by atoms with Gasteiger partial charge in [0.15, 0.2) is 17.5 Å². The van der Waals surface area contributed by atoms with Crippen LogP contribution in [0.4, 0.5) is 8.78 Å². The summed E-state index contributed by atoms with van der Waals surface area (Å²) in [5.41, 5.74) is 0.111. The van der Waals surface area contributed by atoms with Crippen LogP contribution in [-0.2, 0) is 4.74 Å². The van der Waals surface area contributed by atoms with Gasteiger partial charge in [-0.3, -0.25) is 9.89 Å². The second-order valence-corrected chi connectivity index (χ2v) is 7.31. The number of nitrogens with one attached hydrogen (secondary N) is 2. The lowest BCUT2D eigenvalue weighted by atomic mass is 9.88. The van der Waals surface area contributed by atoms with E-state index in [4.69, 9.17) is 9.47 Å². The number of hydrogen-bond acceptors (Lipinski definition) is 4. The summed E-state index contributed by atoms with van der Waals surface area (Å²) in [7, 11) is 1.72. The van der Waals surface area contributed by atoms with Crippen molar-refractivity contribution in [3.63, 3.8) is 0 Å². The lowest BCUT2D eigenvalue weighted by Crippen LogP contribution is -2.58. The number of nitrogens with zero attached hydrogens (tertiary/aromatic N) is 2. The van der Waals surface area contributed by atoms with Gasteiger partial charge in [-0.2, -0.15) is 0 Å². The monoisotopic (exact) mass is 524 g/mol. The topological polar surface area (TPSA) is 58.1 Å². The SMILES string of the molecule is CN=C(NCCOc1ccc(F)cc1F)NCC1(N2CCCC2)CCOCC1.I. The molecule has 2 fully saturated rings. The maximum absolute atomic E-state index is 13.6. The molecule has 0 aromatic heterocycles. The van der Waals surface area contributed by atoms with Gasteiger partial charge in [-0.1, -0.05) is 0 Å². The van der Waals surface area contributed by atoms with Crippen molar-refractivity contribution in [2.75, 3.05) is 53.0 Å². The van der Waals surface area contributed by atoms with E-state index in [1.165, 1.54) is 25.0 Å². The summed E-state index contributed by atoms with van der Waals surface area (Å²) in [6.45, 7) is 5.38. The minimum absolute atomic E-state index is 0. The second kappa shape index (κ2) is 11.8. The van der Waals surface area contributed by atoms with Gasteiger partial charge >= 0.3 is 0 Å². The first-order chi connectivity index (χ1) is 13.6. The van der Waals surface area contributed by atoms with Gasteiger partial charge in [0.05, 0.1) is 6.54 Å². The molecule has 0 atom stereocenters. The lowest BCUT2D eigenvalue weighted by Gasteiger charge is -2.45. The highest BCUT2D eigenvalue weighted by Crippen LogP contribution is 2.30. The molecule has 9 heteroatoms. The van der Waals surface area contributed by atoms with E-state index in [0.29, 0.717) is 12.5 Å². The molecule has 2 N–H and O–H groups in total. The molecule has 0 bridgehead atoms. The van der Waals surface area contributed by atoms with E-state index in [1.54, 1.807) is 7.05 Å². The van der Waals surface area contributed by atoms with Crippen LogP contribution in [0.3, 0.4) is 0 Å². The maximum atomic E-state index is 13.6. The fraction of sp³-hybridized carbons (Fsp3) is 0.650. The third-order valence-electron chi connectivity index (χ3n) is 5.55. The van der Waals surface area contributed by atoms with Crippen molar-refractivity contribution in [3.05, 3.63) is 29.8 Å². The summed E-state index contributed by atoms with van der Waals surface area (Å²) < 4.78 is 37.5. The van der Waals surface area contributed by atoms with Gasteiger partial charge in [0.25, 0.3) is 0 Å². The van der Waals surface area contributed by atoms with Crippen LogP contribution in [0.15, 0.2) is 23.2 Å². The Morgan fingerprint density at radius 1 is 1.21 bits per heavy atom. The molecule has 1 aromatic rings. The number of aliphatic imine (C=N–C) groups is 1. The molecule has 2 heterocycles. The van der Waals surface area contributed by atoms with Crippen molar-refractivity contribution in [2.24, 2.45) is 4.99 Å². The minimum Gasteiger partial charge on any atom is -0.489 e. The molecule has 0 spiro atoms. The van der Waals surface area contributed by atoms with E-state index in [9.17, 15) is 8.78 Å². The number of hydrogen-bond donors (Lipinski definition) is 2. The van der Waals surface area contributed by atoms with Crippen molar-refractivity contribution in [3.8, 4) is 5.75 Å². The van der Waals surface area contributed by atoms with Crippen molar-refractivity contribution in [1.29, 1.82) is 0 Å². The molecule has 0 saturated carbocycles. The number of ether oxygens (including phenoxy) is 2. The Kier molecular flexibility index (Phi) is 9.84. The van der Waals surface area contributed by atoms with Gasteiger partial charge in [0.2, 0.25) is 0 Å². The van der Waals surface area contributed by atoms with E-state index < -0.39 is 11.6 Å². The van der Waals surface area contributed by atoms with Crippen LogP contribution in [0, 0.1) is 11.6 Å². The molecular formula is C20H31F2IN4O2. The molecule has 0 unspecified atom stereocenters. The fourth-order valence-electron chi connectivity index (χ4n) is 3.94. The van der Waals surface area contributed by atoms with Crippen molar-refractivity contribution >= 4 is 29.9 Å². The van der Waals surface area contributed by atoms with Crippen molar-refractivity contribution in [1.82, 2.24) is 15.5 Å². The summed E-state index contributed by atoms with van der Waals surface area (Å²) in [4.78, 5) is 6.86. The molecule has 164 valence electrons. The second-order valence-electron chi connectivity index (χ2n) is 7.31. The maximum Gasteiger partial charge on any atom is 0.191 e. The molecule has 2 saturated heterocycles. The van der Waals surface area contributed by atoms with Gasteiger partial charge in [-0.25, -0.2) is 8.78 Å². The average Bonchev–Trinajstić information content (AvgIpc) is 3.25. The van der Waals surface area contributed by atoms with Gasteiger partial charge in [0.1, 0.15) is 12.4 Å². The van der Waals surface area contributed by atoms with E-state index in [-0.39, 0.29) is 41.9 Å². The summed E-state index contributed by atoms with van der Waals surface area (Å²) in [6.07, 6.45) is 4.55. The van der Waals surface area contributed by atoms with Crippen LogP contribution in [0.1, 0.15) is 25.7 Å². The number of likely N-dealkylation sites (tertiary alicyclic amines) is 1. The first kappa shape index (κ1) is 24.1. The molecule has 2 aliphatic heterocycles. The molecular weight excluding hydrogens is 493 g/mol. The molecule has 1 aromatic carbocycles. The van der Waals surface area contributed by atoms with Crippen LogP contribution < -0.4 is 15.4 Å². The van der Waals surface area contributed by atoms with Gasteiger partial charge in [-0.15, -0.1) is 24.0 Å². The quantitative estimate of drug-likeness (QED) is 0.249. The number of guanidine groups is 1. The molecule has 0 aliphatic carbocycles. The van der Waals surface area contributed by atoms with Crippen LogP contribution >= 0.6 is 24.0 Å². The zero-order chi connectivity index (χ0) is 19.8. The Labute approximate surface area is 188 Å². The average molecular weight is 524 g/mol. The molecule has 0 radical (unpaired) electrons. The molecule has 0 amide bonds. The third kappa shape index (κ3) is 6.65. The molecule has 6 nitrogen and oxygen atoms in total. The standard InChI is InChI=1S/C20H30F2N4O2.HI/c1-23-19(24-8-13-28-18-5-4-16(21)14-17(18)22)25-15-20(6-11-27-12-7-20)26-9-2-3-10-26;/h4-5,14H,2-3,6-13,15H2,1H3,(H2,23,24,25);1H. The van der Waals surface area contributed by atoms with Crippen LogP contribution in [0.25, 0.3) is 0 Å². The Morgan fingerprint density at radius 3 is 2.59 bits per heavy atom.